The lowest BCUT2D eigenvalue weighted by Gasteiger charge is -2.03. The Bertz CT molecular complexity index is 240. The second-order valence-corrected chi connectivity index (χ2v) is 1.98. The van der Waals surface area contributed by atoms with Gasteiger partial charge in [0.05, 0.1) is 6.26 Å². The number of alkyl halides is 3. The molecule has 0 unspecified atom stereocenters. The fourth-order valence-electron chi connectivity index (χ4n) is 0.745. The zero-order valence-corrected chi connectivity index (χ0v) is 5.48. The molecule has 0 saturated carbocycles. The average molecular weight is 165 g/mol. The van der Waals surface area contributed by atoms with Crippen LogP contribution in [0.25, 0.3) is 0 Å². The van der Waals surface area contributed by atoms with Gasteiger partial charge >= 0.3 is 6.18 Å². The second kappa shape index (κ2) is 2.58. The number of rotatable bonds is 1. The van der Waals surface area contributed by atoms with Crippen LogP contribution in [0.1, 0.15) is 11.3 Å². The number of nitrogens with two attached hydrogens (primary N) is 1. The van der Waals surface area contributed by atoms with Crippen LogP contribution in [0.4, 0.5) is 13.2 Å². The quantitative estimate of drug-likeness (QED) is 0.688. The summed E-state index contributed by atoms with van der Waals surface area (Å²) < 4.78 is 40.0. The fraction of sp³-hybridized carbons (Fsp3) is 0.333. The Morgan fingerprint density at radius 1 is 1.45 bits per heavy atom. The van der Waals surface area contributed by atoms with Gasteiger partial charge < -0.3 is 10.2 Å². The molecule has 0 aliphatic heterocycles. The highest BCUT2D eigenvalue weighted by Crippen LogP contribution is 2.32. The zero-order chi connectivity index (χ0) is 8.48. The third-order valence-electron chi connectivity index (χ3n) is 1.22. The van der Waals surface area contributed by atoms with Crippen LogP contribution in [0, 0.1) is 0 Å². The highest BCUT2D eigenvalue weighted by molar-refractivity contribution is 5.18. The van der Waals surface area contributed by atoms with Crippen molar-refractivity contribution in [2.75, 3.05) is 0 Å². The van der Waals surface area contributed by atoms with Gasteiger partial charge in [0.25, 0.3) is 0 Å². The summed E-state index contributed by atoms with van der Waals surface area (Å²) in [6.45, 7) is -0.161. The molecular weight excluding hydrogens is 159 g/mol. The number of hydrogen-bond donors (Lipinski definition) is 1. The smallest absolute Gasteiger partial charge is 0.449 e. The first-order chi connectivity index (χ1) is 5.05. The van der Waals surface area contributed by atoms with Gasteiger partial charge in [-0.1, -0.05) is 0 Å². The summed E-state index contributed by atoms with van der Waals surface area (Å²) in [5.41, 5.74) is 5.02. The molecular formula is C6H6F3NO. The lowest BCUT2D eigenvalue weighted by Crippen LogP contribution is -2.08. The van der Waals surface area contributed by atoms with Crippen LogP contribution in [-0.2, 0) is 12.7 Å². The van der Waals surface area contributed by atoms with Gasteiger partial charge in [-0.05, 0) is 6.07 Å². The largest absolute Gasteiger partial charge is 0.459 e. The summed E-state index contributed by atoms with van der Waals surface area (Å²) in [5, 5.41) is 0. The molecule has 0 fully saturated rings. The van der Waals surface area contributed by atoms with E-state index in [1.165, 1.54) is 6.07 Å². The van der Waals surface area contributed by atoms with Gasteiger partial charge in [-0.15, -0.1) is 0 Å². The molecule has 1 rings (SSSR count). The molecule has 62 valence electrons. The van der Waals surface area contributed by atoms with E-state index in [0.717, 1.165) is 6.26 Å². The minimum atomic E-state index is -4.43. The van der Waals surface area contributed by atoms with Crippen molar-refractivity contribution in [3.8, 4) is 0 Å². The highest BCUT2D eigenvalue weighted by Gasteiger charge is 2.36. The molecule has 0 saturated heterocycles. The van der Waals surface area contributed by atoms with E-state index in [2.05, 4.69) is 4.42 Å². The summed E-state index contributed by atoms with van der Waals surface area (Å²) >= 11 is 0. The molecule has 1 aromatic rings. The van der Waals surface area contributed by atoms with Crippen molar-refractivity contribution >= 4 is 0 Å². The molecule has 0 spiro atoms. The first-order valence-electron chi connectivity index (χ1n) is 2.89. The fourth-order valence-corrected chi connectivity index (χ4v) is 0.745. The molecule has 2 nitrogen and oxygen atoms in total. The van der Waals surface area contributed by atoms with Crippen LogP contribution in [0.2, 0.25) is 0 Å². The summed E-state index contributed by atoms with van der Waals surface area (Å²) in [4.78, 5) is 0. The van der Waals surface area contributed by atoms with Gasteiger partial charge in [0, 0.05) is 12.1 Å². The number of hydrogen-bond acceptors (Lipinski definition) is 2. The minimum absolute atomic E-state index is 0.0162. The van der Waals surface area contributed by atoms with E-state index in [1.807, 2.05) is 0 Å². The minimum Gasteiger partial charge on any atom is -0.459 e. The van der Waals surface area contributed by atoms with E-state index in [-0.39, 0.29) is 12.1 Å². The van der Waals surface area contributed by atoms with Crippen molar-refractivity contribution in [1.82, 2.24) is 0 Å². The molecule has 11 heavy (non-hydrogen) atoms. The van der Waals surface area contributed by atoms with Crippen LogP contribution < -0.4 is 5.73 Å². The Morgan fingerprint density at radius 3 is 2.45 bits per heavy atom. The molecule has 0 aromatic carbocycles. The van der Waals surface area contributed by atoms with E-state index < -0.39 is 11.9 Å². The third-order valence-corrected chi connectivity index (χ3v) is 1.22. The molecule has 0 amide bonds. The van der Waals surface area contributed by atoms with Crippen LogP contribution in [0.3, 0.4) is 0 Å². The first kappa shape index (κ1) is 8.13. The molecule has 0 bridgehead atoms. The Kier molecular flexibility index (Phi) is 1.90. The maximum absolute atomic E-state index is 11.9. The molecule has 2 N–H and O–H groups in total. The van der Waals surface area contributed by atoms with Gasteiger partial charge in [-0.2, -0.15) is 13.2 Å². The highest BCUT2D eigenvalue weighted by atomic mass is 19.4. The van der Waals surface area contributed by atoms with Crippen molar-refractivity contribution in [2.45, 2.75) is 12.7 Å². The van der Waals surface area contributed by atoms with Crippen LogP contribution in [0.15, 0.2) is 16.7 Å². The summed E-state index contributed by atoms with van der Waals surface area (Å²) in [6, 6.07) is 1.21. The Morgan fingerprint density at radius 2 is 2.09 bits per heavy atom. The second-order valence-electron chi connectivity index (χ2n) is 1.98. The molecule has 0 atom stereocenters. The normalized spacial score (nSPS) is 12.0. The monoisotopic (exact) mass is 165 g/mol. The Balaban J connectivity index is 3.02. The molecule has 1 aromatic heterocycles. The van der Waals surface area contributed by atoms with Crippen molar-refractivity contribution < 1.29 is 17.6 Å². The van der Waals surface area contributed by atoms with Crippen molar-refractivity contribution in [3.63, 3.8) is 0 Å². The lowest BCUT2D eigenvalue weighted by molar-refractivity contribution is -0.153. The van der Waals surface area contributed by atoms with Gasteiger partial charge in [0.15, 0.2) is 0 Å². The Hall–Kier alpha value is -0.970. The molecule has 5 heteroatoms. The van der Waals surface area contributed by atoms with Crippen LogP contribution >= 0.6 is 0 Å². The van der Waals surface area contributed by atoms with Crippen molar-refractivity contribution in [1.29, 1.82) is 0 Å². The standard InChI is InChI=1S/C6H6F3NO/c7-6(8,9)5-4(3-10)1-2-11-5/h1-2H,3,10H2. The molecule has 0 aliphatic carbocycles. The number of furan rings is 1. The molecule has 1 heterocycles. The van der Waals surface area contributed by atoms with Gasteiger partial charge in [-0.25, -0.2) is 0 Å². The van der Waals surface area contributed by atoms with Gasteiger partial charge in [0.2, 0.25) is 5.76 Å². The topological polar surface area (TPSA) is 39.2 Å². The van der Waals surface area contributed by atoms with Crippen LogP contribution in [0.5, 0.6) is 0 Å². The van der Waals surface area contributed by atoms with E-state index >= 15 is 0 Å². The SMILES string of the molecule is NCc1ccoc1C(F)(F)F. The van der Waals surface area contributed by atoms with E-state index in [4.69, 9.17) is 5.73 Å². The summed E-state index contributed by atoms with van der Waals surface area (Å²) in [6.07, 6.45) is -3.46. The maximum Gasteiger partial charge on any atom is 0.449 e. The summed E-state index contributed by atoms with van der Waals surface area (Å²) in [5.74, 6) is -1.00. The zero-order valence-electron chi connectivity index (χ0n) is 5.48. The number of halogens is 3. The van der Waals surface area contributed by atoms with E-state index in [1.54, 1.807) is 0 Å². The van der Waals surface area contributed by atoms with Gasteiger partial charge in [0.1, 0.15) is 0 Å². The van der Waals surface area contributed by atoms with Crippen molar-refractivity contribution in [3.05, 3.63) is 23.7 Å². The van der Waals surface area contributed by atoms with Crippen LogP contribution in [-0.4, -0.2) is 0 Å². The predicted octanol–water partition coefficient (Wildman–Crippen LogP) is 1.76. The van der Waals surface area contributed by atoms with Gasteiger partial charge in [-0.3, -0.25) is 0 Å². The first-order valence-corrected chi connectivity index (χ1v) is 2.89. The maximum atomic E-state index is 11.9. The third kappa shape index (κ3) is 1.54. The molecule has 0 radical (unpaired) electrons. The van der Waals surface area contributed by atoms with E-state index in [0.29, 0.717) is 0 Å². The van der Waals surface area contributed by atoms with E-state index in [9.17, 15) is 13.2 Å². The molecule has 0 aliphatic rings. The summed E-state index contributed by atoms with van der Waals surface area (Å²) in [7, 11) is 0. The lowest BCUT2D eigenvalue weighted by atomic mass is 10.2. The van der Waals surface area contributed by atoms with Crippen molar-refractivity contribution in [2.24, 2.45) is 5.73 Å². The average Bonchev–Trinajstić information content (AvgIpc) is 2.31. The Labute approximate surface area is 60.8 Å². The predicted molar refractivity (Wildman–Crippen MR) is 31.6 cm³/mol.